The minimum Gasteiger partial charge on any atom is -0.496 e. The van der Waals surface area contributed by atoms with E-state index in [1.54, 1.807) is 39.6 Å². The smallest absolute Gasteiger partial charge is 0.496 e. The fourth-order valence-corrected chi connectivity index (χ4v) is 4.68. The Bertz CT molecular complexity index is 914. The molecule has 0 radical (unpaired) electrons. The molecular formula is C26H35NO6S. The number of para-hydroxylation sites is 1. The molecule has 0 amide bonds. The van der Waals surface area contributed by atoms with Crippen molar-refractivity contribution in [3.8, 4) is 11.5 Å². The van der Waals surface area contributed by atoms with Crippen molar-refractivity contribution in [1.29, 1.82) is 0 Å². The van der Waals surface area contributed by atoms with Crippen LogP contribution in [-0.4, -0.2) is 60.6 Å². The molecule has 1 N–H and O–H groups in total. The van der Waals surface area contributed by atoms with E-state index in [9.17, 15) is 9.90 Å². The Morgan fingerprint density at radius 3 is 2.56 bits per heavy atom. The van der Waals surface area contributed by atoms with Crippen LogP contribution in [0.1, 0.15) is 45.1 Å². The highest BCUT2D eigenvalue weighted by Gasteiger charge is 2.32. The van der Waals surface area contributed by atoms with Crippen molar-refractivity contribution in [2.45, 2.75) is 56.1 Å². The number of thioether (sulfide) groups is 1. The zero-order valence-corrected chi connectivity index (χ0v) is 21.2. The van der Waals surface area contributed by atoms with E-state index in [1.807, 2.05) is 42.5 Å². The van der Waals surface area contributed by atoms with E-state index in [4.69, 9.17) is 19.0 Å². The molecule has 2 unspecified atom stereocenters. The maximum absolute atomic E-state index is 11.9. The number of rotatable bonds is 9. The van der Waals surface area contributed by atoms with E-state index >= 15 is 0 Å². The van der Waals surface area contributed by atoms with Crippen LogP contribution in [0.2, 0.25) is 0 Å². The molecule has 0 bridgehead atoms. The number of carbonyl (C=O) groups is 1. The monoisotopic (exact) mass is 489 g/mol. The number of methoxy groups -OCH3 is 1. The van der Waals surface area contributed by atoms with Gasteiger partial charge in [0.1, 0.15) is 17.1 Å². The third-order valence-electron chi connectivity index (χ3n) is 5.33. The number of ether oxygens (including phenoxy) is 3. The Balaban J connectivity index is 1.40. The molecule has 1 saturated heterocycles. The fraction of sp³-hybridized carbons (Fsp3) is 0.500. The van der Waals surface area contributed by atoms with Crippen LogP contribution in [0.15, 0.2) is 53.4 Å². The number of piperidine rings is 1. The highest BCUT2D eigenvalue weighted by Crippen LogP contribution is 2.31. The lowest BCUT2D eigenvalue weighted by Gasteiger charge is -2.34. The fourth-order valence-electron chi connectivity index (χ4n) is 3.73. The van der Waals surface area contributed by atoms with E-state index < -0.39 is 17.9 Å². The summed E-state index contributed by atoms with van der Waals surface area (Å²) in [6.07, 6.45) is 0.194. The standard InChI is InChI=1S/C26H35NO6S/c1-26(2,3)32-25(29)33-27-15-14-21(22(28)18-27)19-10-12-20(13-11-19)31-16-7-17-34-24-9-6-5-8-23(24)30-4/h5-6,8-13,21-22,28H,7,14-18H2,1-4H3. The summed E-state index contributed by atoms with van der Waals surface area (Å²) in [7, 11) is 1.69. The normalized spacial score (nSPS) is 18.9. The molecule has 1 aliphatic heterocycles. The number of benzene rings is 2. The molecule has 186 valence electrons. The van der Waals surface area contributed by atoms with Crippen LogP contribution >= 0.6 is 11.8 Å². The van der Waals surface area contributed by atoms with Crippen molar-refractivity contribution >= 4 is 17.9 Å². The summed E-state index contributed by atoms with van der Waals surface area (Å²) in [4.78, 5) is 18.2. The lowest BCUT2D eigenvalue weighted by Crippen LogP contribution is -2.44. The highest BCUT2D eigenvalue weighted by atomic mass is 32.2. The van der Waals surface area contributed by atoms with Crippen molar-refractivity contribution < 1.29 is 28.9 Å². The Hall–Kier alpha value is -2.42. The van der Waals surface area contributed by atoms with Crippen LogP contribution in [0, 0.1) is 0 Å². The first-order valence-electron chi connectivity index (χ1n) is 11.6. The maximum atomic E-state index is 11.9. The minimum absolute atomic E-state index is 0.0233. The van der Waals surface area contributed by atoms with Gasteiger partial charge in [0.05, 0.1) is 26.4 Å². The summed E-state index contributed by atoms with van der Waals surface area (Å²) < 4.78 is 16.4. The van der Waals surface area contributed by atoms with Gasteiger partial charge in [-0.15, -0.1) is 16.8 Å². The van der Waals surface area contributed by atoms with E-state index in [1.165, 1.54) is 5.06 Å². The van der Waals surface area contributed by atoms with Crippen LogP contribution in [0.5, 0.6) is 11.5 Å². The lowest BCUT2D eigenvalue weighted by molar-refractivity contribution is -0.170. The second kappa shape index (κ2) is 12.3. The van der Waals surface area contributed by atoms with Gasteiger partial charge in [-0.2, -0.15) is 0 Å². The Morgan fingerprint density at radius 2 is 1.88 bits per heavy atom. The molecule has 1 aliphatic rings. The third-order valence-corrected chi connectivity index (χ3v) is 6.47. The van der Waals surface area contributed by atoms with Gasteiger partial charge in [-0.25, -0.2) is 4.79 Å². The number of hydrogen-bond donors (Lipinski definition) is 1. The topological polar surface area (TPSA) is 77.5 Å². The van der Waals surface area contributed by atoms with E-state index in [0.717, 1.165) is 34.1 Å². The predicted molar refractivity (Wildman–Crippen MR) is 133 cm³/mol. The van der Waals surface area contributed by atoms with Crippen LogP contribution in [0.4, 0.5) is 4.79 Å². The summed E-state index contributed by atoms with van der Waals surface area (Å²) in [6.45, 7) is 6.75. The number of nitrogens with zero attached hydrogens (tertiary/aromatic N) is 1. The van der Waals surface area contributed by atoms with Crippen LogP contribution in [-0.2, 0) is 9.57 Å². The number of β-amino-alcohol motifs (C(OH)–C–C–N with tert-alkyl or cyclic N) is 1. The largest absolute Gasteiger partial charge is 0.528 e. The van der Waals surface area contributed by atoms with Crippen LogP contribution < -0.4 is 9.47 Å². The summed E-state index contributed by atoms with van der Waals surface area (Å²) >= 11 is 1.76. The van der Waals surface area contributed by atoms with Gasteiger partial charge in [0.2, 0.25) is 0 Å². The van der Waals surface area contributed by atoms with Crippen LogP contribution in [0.3, 0.4) is 0 Å². The third kappa shape index (κ3) is 8.11. The van der Waals surface area contributed by atoms with E-state index in [2.05, 4.69) is 6.07 Å². The van der Waals surface area contributed by atoms with Gasteiger partial charge < -0.3 is 24.2 Å². The van der Waals surface area contributed by atoms with Crippen LogP contribution in [0.25, 0.3) is 0 Å². The molecule has 2 aromatic rings. The second-order valence-electron chi connectivity index (χ2n) is 9.18. The Labute approximate surface area is 206 Å². The van der Waals surface area contributed by atoms with Crippen molar-refractivity contribution in [3.05, 3.63) is 54.1 Å². The second-order valence-corrected chi connectivity index (χ2v) is 10.3. The molecule has 0 aliphatic carbocycles. The molecule has 1 heterocycles. The molecule has 1 fully saturated rings. The zero-order chi connectivity index (χ0) is 24.6. The maximum Gasteiger partial charge on any atom is 0.528 e. The average Bonchev–Trinajstić information content (AvgIpc) is 2.78. The van der Waals surface area contributed by atoms with Gasteiger partial charge in [0.15, 0.2) is 0 Å². The van der Waals surface area contributed by atoms with Gasteiger partial charge in [-0.05, 0) is 63.4 Å². The van der Waals surface area contributed by atoms with Gasteiger partial charge in [-0.1, -0.05) is 24.3 Å². The summed E-state index contributed by atoms with van der Waals surface area (Å²) in [6, 6.07) is 15.9. The SMILES string of the molecule is COc1ccccc1SCCCOc1ccc(C2CCN(OC(=O)OC(C)(C)C)CC2O)cc1. The van der Waals surface area contributed by atoms with Crippen molar-refractivity contribution in [3.63, 3.8) is 0 Å². The predicted octanol–water partition coefficient (Wildman–Crippen LogP) is 5.27. The number of hydroxylamine groups is 2. The van der Waals surface area contributed by atoms with Crippen molar-refractivity contribution in [2.75, 3.05) is 32.6 Å². The first kappa shape index (κ1) is 26.2. The molecule has 2 atom stereocenters. The van der Waals surface area contributed by atoms with Crippen molar-refractivity contribution in [2.24, 2.45) is 0 Å². The summed E-state index contributed by atoms with van der Waals surface area (Å²) in [5.74, 6) is 2.62. The number of carbonyl (C=O) groups excluding carboxylic acids is 1. The lowest BCUT2D eigenvalue weighted by atomic mass is 9.88. The molecular weight excluding hydrogens is 454 g/mol. The first-order valence-corrected chi connectivity index (χ1v) is 12.6. The molecule has 7 nitrogen and oxygen atoms in total. The van der Waals surface area contributed by atoms with E-state index in [-0.39, 0.29) is 12.5 Å². The first-order chi connectivity index (χ1) is 16.2. The molecule has 3 rings (SSSR count). The van der Waals surface area contributed by atoms with Gasteiger partial charge in [0, 0.05) is 23.1 Å². The van der Waals surface area contributed by atoms with Gasteiger partial charge in [-0.3, -0.25) is 0 Å². The average molecular weight is 490 g/mol. The molecule has 2 aromatic carbocycles. The van der Waals surface area contributed by atoms with Gasteiger partial charge in [0.25, 0.3) is 0 Å². The highest BCUT2D eigenvalue weighted by molar-refractivity contribution is 7.99. The summed E-state index contributed by atoms with van der Waals surface area (Å²) in [5, 5.41) is 12.1. The molecule has 0 saturated carbocycles. The number of aliphatic hydroxyl groups excluding tert-OH is 1. The molecule has 8 heteroatoms. The molecule has 0 aromatic heterocycles. The van der Waals surface area contributed by atoms with Crippen molar-refractivity contribution in [1.82, 2.24) is 5.06 Å². The quantitative estimate of drug-likeness (QED) is 0.290. The zero-order valence-electron chi connectivity index (χ0n) is 20.4. The molecule has 34 heavy (non-hydrogen) atoms. The molecule has 0 spiro atoms. The summed E-state index contributed by atoms with van der Waals surface area (Å²) in [5.41, 5.74) is 0.426. The minimum atomic E-state index is -0.749. The number of hydrogen-bond acceptors (Lipinski definition) is 8. The van der Waals surface area contributed by atoms with E-state index in [0.29, 0.717) is 19.6 Å². The Morgan fingerprint density at radius 1 is 1.15 bits per heavy atom. The van der Waals surface area contributed by atoms with Gasteiger partial charge >= 0.3 is 6.16 Å². The number of aliphatic hydroxyl groups is 1. The Kier molecular flexibility index (Phi) is 9.50.